The van der Waals surface area contributed by atoms with E-state index in [1.54, 1.807) is 0 Å². The Morgan fingerprint density at radius 3 is 2.55 bits per heavy atom. The molecule has 0 bridgehead atoms. The van der Waals surface area contributed by atoms with Crippen LogP contribution in [0.15, 0.2) is 28.7 Å². The van der Waals surface area contributed by atoms with Crippen molar-refractivity contribution in [3.8, 4) is 0 Å². The molecular formula is C16H21BrN2O. The maximum absolute atomic E-state index is 12.5. The number of carbonyl (C=O) groups is 1. The Morgan fingerprint density at radius 2 is 1.85 bits per heavy atom. The van der Waals surface area contributed by atoms with Crippen molar-refractivity contribution in [1.82, 2.24) is 9.80 Å². The van der Waals surface area contributed by atoms with Gasteiger partial charge in [-0.25, -0.2) is 0 Å². The number of benzene rings is 1. The first-order chi connectivity index (χ1) is 9.72. The molecule has 20 heavy (non-hydrogen) atoms. The van der Waals surface area contributed by atoms with Gasteiger partial charge in [0.05, 0.1) is 0 Å². The highest BCUT2D eigenvalue weighted by molar-refractivity contribution is 9.10. The van der Waals surface area contributed by atoms with Crippen LogP contribution >= 0.6 is 15.9 Å². The molecule has 3 nitrogen and oxygen atoms in total. The molecule has 1 saturated carbocycles. The third-order valence-corrected chi connectivity index (χ3v) is 4.71. The first-order valence-corrected chi connectivity index (χ1v) is 8.29. The van der Waals surface area contributed by atoms with Gasteiger partial charge in [-0.15, -0.1) is 0 Å². The summed E-state index contributed by atoms with van der Waals surface area (Å²) in [4.78, 5) is 17.0. The summed E-state index contributed by atoms with van der Waals surface area (Å²) in [7, 11) is 0. The lowest BCUT2D eigenvalue weighted by Crippen LogP contribution is -2.35. The van der Waals surface area contributed by atoms with Crippen LogP contribution in [0.3, 0.4) is 0 Å². The van der Waals surface area contributed by atoms with Gasteiger partial charge >= 0.3 is 0 Å². The number of amides is 1. The summed E-state index contributed by atoms with van der Waals surface area (Å²) in [5.41, 5.74) is 0.795. The molecule has 1 aliphatic carbocycles. The number of hydrogen-bond donors (Lipinski definition) is 0. The van der Waals surface area contributed by atoms with Crippen molar-refractivity contribution in [3.05, 3.63) is 34.3 Å². The predicted molar refractivity (Wildman–Crippen MR) is 83.8 cm³/mol. The summed E-state index contributed by atoms with van der Waals surface area (Å²) in [6.07, 6.45) is 3.89. The van der Waals surface area contributed by atoms with Crippen molar-refractivity contribution in [2.45, 2.75) is 19.3 Å². The van der Waals surface area contributed by atoms with E-state index in [0.717, 1.165) is 48.6 Å². The molecule has 1 aromatic rings. The second kappa shape index (κ2) is 6.27. The van der Waals surface area contributed by atoms with Crippen LogP contribution in [0.1, 0.15) is 29.6 Å². The summed E-state index contributed by atoms with van der Waals surface area (Å²) in [5.74, 6) is 1.11. The van der Waals surface area contributed by atoms with Crippen molar-refractivity contribution >= 4 is 21.8 Å². The molecule has 0 atom stereocenters. The van der Waals surface area contributed by atoms with E-state index in [1.165, 1.54) is 19.4 Å². The molecule has 3 rings (SSSR count). The van der Waals surface area contributed by atoms with Crippen molar-refractivity contribution in [2.75, 3.05) is 32.7 Å². The van der Waals surface area contributed by atoms with Crippen molar-refractivity contribution < 1.29 is 4.79 Å². The zero-order valence-corrected chi connectivity index (χ0v) is 13.3. The summed E-state index contributed by atoms with van der Waals surface area (Å²) in [5, 5.41) is 0. The number of rotatable bonds is 3. The van der Waals surface area contributed by atoms with Crippen LogP contribution in [-0.2, 0) is 0 Å². The summed E-state index contributed by atoms with van der Waals surface area (Å²) in [6.45, 7) is 5.15. The first kappa shape index (κ1) is 14.1. The Kier molecular flexibility index (Phi) is 4.41. The van der Waals surface area contributed by atoms with E-state index in [0.29, 0.717) is 0 Å². The van der Waals surface area contributed by atoms with E-state index in [4.69, 9.17) is 0 Å². The summed E-state index contributed by atoms with van der Waals surface area (Å²) < 4.78 is 1.01. The molecule has 0 aromatic heterocycles. The van der Waals surface area contributed by atoms with E-state index in [2.05, 4.69) is 20.8 Å². The molecule has 1 aromatic carbocycles. The zero-order valence-electron chi connectivity index (χ0n) is 11.7. The van der Waals surface area contributed by atoms with Crippen LogP contribution in [0.4, 0.5) is 0 Å². The largest absolute Gasteiger partial charge is 0.337 e. The Hall–Kier alpha value is -0.870. The van der Waals surface area contributed by atoms with Crippen LogP contribution in [0.25, 0.3) is 0 Å². The number of hydrogen-bond acceptors (Lipinski definition) is 2. The molecule has 4 heteroatoms. The Morgan fingerprint density at radius 1 is 1.10 bits per heavy atom. The standard InChI is InChI=1S/C16H21BrN2O/c17-15-6-4-14(5-7-15)16(20)19-9-1-8-18(10-11-19)12-13-2-3-13/h4-7,13H,1-3,8-12H2. The quantitative estimate of drug-likeness (QED) is 0.847. The van der Waals surface area contributed by atoms with Crippen LogP contribution < -0.4 is 0 Å². The van der Waals surface area contributed by atoms with Crippen LogP contribution in [0.5, 0.6) is 0 Å². The van der Waals surface area contributed by atoms with Crippen LogP contribution in [-0.4, -0.2) is 48.4 Å². The van der Waals surface area contributed by atoms with Gasteiger partial charge in [0.2, 0.25) is 0 Å². The highest BCUT2D eigenvalue weighted by atomic mass is 79.9. The van der Waals surface area contributed by atoms with Crippen molar-refractivity contribution in [1.29, 1.82) is 0 Å². The van der Waals surface area contributed by atoms with Gasteiger partial charge in [-0.2, -0.15) is 0 Å². The van der Waals surface area contributed by atoms with E-state index in [-0.39, 0.29) is 5.91 Å². The second-order valence-electron chi connectivity index (χ2n) is 5.90. The molecule has 0 spiro atoms. The normalized spacial score (nSPS) is 20.8. The maximum Gasteiger partial charge on any atom is 0.253 e. The Bertz CT molecular complexity index is 470. The lowest BCUT2D eigenvalue weighted by molar-refractivity contribution is 0.0761. The predicted octanol–water partition coefficient (Wildman–Crippen LogP) is 3.01. The van der Waals surface area contributed by atoms with E-state index < -0.39 is 0 Å². The smallest absolute Gasteiger partial charge is 0.253 e. The van der Waals surface area contributed by atoms with Crippen molar-refractivity contribution in [3.63, 3.8) is 0 Å². The third-order valence-electron chi connectivity index (χ3n) is 4.18. The monoisotopic (exact) mass is 336 g/mol. The number of nitrogens with zero attached hydrogens (tertiary/aromatic N) is 2. The number of carbonyl (C=O) groups excluding carboxylic acids is 1. The van der Waals surface area contributed by atoms with Gasteiger partial charge in [0, 0.05) is 36.2 Å². The van der Waals surface area contributed by atoms with Gasteiger partial charge < -0.3 is 9.80 Å². The summed E-state index contributed by atoms with van der Waals surface area (Å²) in [6, 6.07) is 7.67. The fourth-order valence-corrected chi connectivity index (χ4v) is 3.06. The molecule has 2 fully saturated rings. The van der Waals surface area contributed by atoms with Gasteiger partial charge in [-0.05, 0) is 56.0 Å². The SMILES string of the molecule is O=C(c1ccc(Br)cc1)N1CCCN(CC2CC2)CC1. The Labute approximate surface area is 129 Å². The molecule has 2 aliphatic rings. The van der Waals surface area contributed by atoms with Gasteiger partial charge in [0.15, 0.2) is 0 Å². The highest BCUT2D eigenvalue weighted by Gasteiger charge is 2.26. The zero-order chi connectivity index (χ0) is 13.9. The molecular weight excluding hydrogens is 316 g/mol. The van der Waals surface area contributed by atoms with Crippen molar-refractivity contribution in [2.24, 2.45) is 5.92 Å². The molecule has 1 heterocycles. The fourth-order valence-electron chi connectivity index (χ4n) is 2.80. The topological polar surface area (TPSA) is 23.6 Å². The van der Waals surface area contributed by atoms with Crippen LogP contribution in [0, 0.1) is 5.92 Å². The number of halogens is 1. The van der Waals surface area contributed by atoms with Gasteiger partial charge in [-0.3, -0.25) is 4.79 Å². The summed E-state index contributed by atoms with van der Waals surface area (Å²) >= 11 is 3.41. The van der Waals surface area contributed by atoms with Gasteiger partial charge in [0.25, 0.3) is 5.91 Å². The molecule has 1 aliphatic heterocycles. The minimum absolute atomic E-state index is 0.172. The molecule has 0 unspecified atom stereocenters. The van der Waals surface area contributed by atoms with Crippen LogP contribution in [0.2, 0.25) is 0 Å². The second-order valence-corrected chi connectivity index (χ2v) is 6.81. The third kappa shape index (κ3) is 3.61. The molecule has 1 amide bonds. The lowest BCUT2D eigenvalue weighted by atomic mass is 10.2. The fraction of sp³-hybridized carbons (Fsp3) is 0.562. The molecule has 1 saturated heterocycles. The average molecular weight is 337 g/mol. The minimum atomic E-state index is 0.172. The highest BCUT2D eigenvalue weighted by Crippen LogP contribution is 2.30. The van der Waals surface area contributed by atoms with E-state index in [1.807, 2.05) is 29.2 Å². The minimum Gasteiger partial charge on any atom is -0.337 e. The van der Waals surface area contributed by atoms with Gasteiger partial charge in [0.1, 0.15) is 0 Å². The molecule has 0 N–H and O–H groups in total. The first-order valence-electron chi connectivity index (χ1n) is 7.49. The maximum atomic E-state index is 12.5. The molecule has 108 valence electrons. The average Bonchev–Trinajstić information content (AvgIpc) is 3.27. The van der Waals surface area contributed by atoms with E-state index >= 15 is 0 Å². The lowest BCUT2D eigenvalue weighted by Gasteiger charge is -2.22. The molecule has 0 radical (unpaired) electrons. The van der Waals surface area contributed by atoms with Gasteiger partial charge in [-0.1, -0.05) is 15.9 Å². The van der Waals surface area contributed by atoms with E-state index in [9.17, 15) is 4.79 Å². The Balaban J connectivity index is 1.59.